The van der Waals surface area contributed by atoms with Crippen LogP contribution in [0.1, 0.15) is 32.3 Å². The number of hydrogen-bond acceptors (Lipinski definition) is 4. The van der Waals surface area contributed by atoms with Gasteiger partial charge in [0.05, 0.1) is 19.8 Å². The fourth-order valence-corrected chi connectivity index (χ4v) is 2.54. The predicted molar refractivity (Wildman–Crippen MR) is 79.4 cm³/mol. The minimum Gasteiger partial charge on any atom is -0.493 e. The Kier molecular flexibility index (Phi) is 5.68. The van der Waals surface area contributed by atoms with Crippen molar-refractivity contribution in [2.45, 2.75) is 45.4 Å². The van der Waals surface area contributed by atoms with Gasteiger partial charge in [-0.1, -0.05) is 6.07 Å². The van der Waals surface area contributed by atoms with Crippen LogP contribution in [0.15, 0.2) is 18.2 Å². The molecule has 2 atom stereocenters. The molecule has 0 saturated carbocycles. The zero-order valence-electron chi connectivity index (χ0n) is 12.6. The van der Waals surface area contributed by atoms with E-state index in [1.165, 1.54) is 5.56 Å². The Bertz CT molecular complexity index is 422. The Morgan fingerprint density at radius 3 is 2.90 bits per heavy atom. The van der Waals surface area contributed by atoms with E-state index in [1.54, 1.807) is 7.11 Å². The fraction of sp³-hybridized carbons (Fsp3) is 0.625. The van der Waals surface area contributed by atoms with Crippen molar-refractivity contribution in [3.05, 3.63) is 23.8 Å². The number of methoxy groups -OCH3 is 1. The Morgan fingerprint density at radius 2 is 2.20 bits per heavy atom. The first kappa shape index (κ1) is 15.1. The molecule has 0 spiro atoms. The topological polar surface area (TPSA) is 39.7 Å². The average molecular weight is 279 g/mol. The first-order chi connectivity index (χ1) is 9.72. The van der Waals surface area contributed by atoms with Crippen molar-refractivity contribution in [1.82, 2.24) is 5.32 Å². The molecule has 1 aliphatic rings. The van der Waals surface area contributed by atoms with Gasteiger partial charge < -0.3 is 19.5 Å². The van der Waals surface area contributed by atoms with Gasteiger partial charge in [-0.3, -0.25) is 0 Å². The molecule has 0 amide bonds. The molecule has 1 fully saturated rings. The molecule has 0 aromatic heterocycles. The smallest absolute Gasteiger partial charge is 0.161 e. The van der Waals surface area contributed by atoms with Crippen LogP contribution in [0.5, 0.6) is 11.5 Å². The third kappa shape index (κ3) is 4.12. The van der Waals surface area contributed by atoms with Gasteiger partial charge in [0.15, 0.2) is 11.5 Å². The van der Waals surface area contributed by atoms with Crippen molar-refractivity contribution in [2.75, 3.05) is 20.3 Å². The van der Waals surface area contributed by atoms with E-state index < -0.39 is 0 Å². The largest absolute Gasteiger partial charge is 0.493 e. The van der Waals surface area contributed by atoms with Crippen LogP contribution in [0, 0.1) is 0 Å². The van der Waals surface area contributed by atoms with E-state index in [0.29, 0.717) is 18.8 Å². The first-order valence-corrected chi connectivity index (χ1v) is 7.37. The van der Waals surface area contributed by atoms with E-state index in [1.807, 2.05) is 19.1 Å². The highest BCUT2D eigenvalue weighted by Crippen LogP contribution is 2.28. The lowest BCUT2D eigenvalue weighted by atomic mass is 10.0. The molecule has 0 unspecified atom stereocenters. The number of hydrogen-bond donors (Lipinski definition) is 1. The summed E-state index contributed by atoms with van der Waals surface area (Å²) in [5.41, 5.74) is 1.21. The number of rotatable bonds is 6. The van der Waals surface area contributed by atoms with E-state index in [2.05, 4.69) is 18.3 Å². The Balaban J connectivity index is 1.92. The lowest BCUT2D eigenvalue weighted by Crippen LogP contribution is -2.37. The Hall–Kier alpha value is -1.26. The second kappa shape index (κ2) is 7.50. The minimum atomic E-state index is 0.358. The van der Waals surface area contributed by atoms with E-state index in [4.69, 9.17) is 14.2 Å². The predicted octanol–water partition coefficient (Wildman–Crippen LogP) is 2.75. The van der Waals surface area contributed by atoms with Gasteiger partial charge in [0.25, 0.3) is 0 Å². The highest BCUT2D eigenvalue weighted by molar-refractivity contribution is 5.42. The Labute approximate surface area is 121 Å². The van der Waals surface area contributed by atoms with Gasteiger partial charge in [-0.2, -0.15) is 0 Å². The second-order valence-corrected chi connectivity index (χ2v) is 5.20. The molecule has 1 N–H and O–H groups in total. The van der Waals surface area contributed by atoms with Crippen LogP contribution in [0.3, 0.4) is 0 Å². The summed E-state index contributed by atoms with van der Waals surface area (Å²) in [7, 11) is 1.68. The van der Waals surface area contributed by atoms with Gasteiger partial charge in [0, 0.05) is 19.2 Å². The summed E-state index contributed by atoms with van der Waals surface area (Å²) in [6, 6.07) is 6.65. The van der Waals surface area contributed by atoms with Gasteiger partial charge in [0.1, 0.15) is 0 Å². The summed E-state index contributed by atoms with van der Waals surface area (Å²) in [5, 5.41) is 3.59. The van der Waals surface area contributed by atoms with E-state index in [9.17, 15) is 0 Å². The van der Waals surface area contributed by atoms with E-state index in [-0.39, 0.29) is 0 Å². The highest BCUT2D eigenvalue weighted by atomic mass is 16.5. The average Bonchev–Trinajstić information content (AvgIpc) is 2.46. The molecule has 20 heavy (non-hydrogen) atoms. The molecule has 0 radical (unpaired) electrons. The van der Waals surface area contributed by atoms with Crippen LogP contribution in [-0.4, -0.2) is 32.5 Å². The van der Waals surface area contributed by atoms with Crippen LogP contribution in [0.25, 0.3) is 0 Å². The van der Waals surface area contributed by atoms with Crippen molar-refractivity contribution in [2.24, 2.45) is 0 Å². The van der Waals surface area contributed by atoms with Crippen molar-refractivity contribution < 1.29 is 14.2 Å². The van der Waals surface area contributed by atoms with Crippen molar-refractivity contribution >= 4 is 0 Å². The third-order valence-corrected chi connectivity index (χ3v) is 3.61. The zero-order chi connectivity index (χ0) is 14.4. The van der Waals surface area contributed by atoms with Crippen molar-refractivity contribution in [3.63, 3.8) is 0 Å². The minimum absolute atomic E-state index is 0.358. The Morgan fingerprint density at radius 1 is 1.35 bits per heavy atom. The summed E-state index contributed by atoms with van der Waals surface area (Å²) in [6.07, 6.45) is 2.52. The van der Waals surface area contributed by atoms with Crippen LogP contribution >= 0.6 is 0 Å². The second-order valence-electron chi connectivity index (χ2n) is 5.20. The molecular formula is C16H25NO3. The monoisotopic (exact) mass is 279 g/mol. The lowest BCUT2D eigenvalue weighted by Gasteiger charge is -2.28. The van der Waals surface area contributed by atoms with Crippen LogP contribution in [0.2, 0.25) is 0 Å². The molecule has 4 heteroatoms. The van der Waals surface area contributed by atoms with Crippen LogP contribution < -0.4 is 14.8 Å². The molecule has 112 valence electrons. The SMILES string of the molecule is CCOc1ccc(CN[C@H]2CCO[C@H](C)C2)cc1OC. The first-order valence-electron chi connectivity index (χ1n) is 7.37. The maximum Gasteiger partial charge on any atom is 0.161 e. The lowest BCUT2D eigenvalue weighted by molar-refractivity contribution is 0.0130. The van der Waals surface area contributed by atoms with E-state index >= 15 is 0 Å². The van der Waals surface area contributed by atoms with Gasteiger partial charge >= 0.3 is 0 Å². The number of benzene rings is 1. The molecule has 0 bridgehead atoms. The highest BCUT2D eigenvalue weighted by Gasteiger charge is 2.18. The van der Waals surface area contributed by atoms with Crippen molar-refractivity contribution in [1.29, 1.82) is 0 Å². The molecular weight excluding hydrogens is 254 g/mol. The summed E-state index contributed by atoms with van der Waals surface area (Å²) in [5.74, 6) is 1.60. The fourth-order valence-electron chi connectivity index (χ4n) is 2.54. The molecule has 1 aromatic carbocycles. The maximum atomic E-state index is 5.56. The molecule has 1 saturated heterocycles. The number of nitrogens with one attached hydrogen (secondary N) is 1. The molecule has 1 aliphatic heterocycles. The molecule has 1 heterocycles. The summed E-state index contributed by atoms with van der Waals surface area (Å²) in [6.45, 7) is 6.45. The third-order valence-electron chi connectivity index (χ3n) is 3.61. The standard InChI is InChI=1S/C16H25NO3/c1-4-19-15-6-5-13(10-16(15)18-3)11-17-14-7-8-20-12(2)9-14/h5-6,10,12,14,17H,4,7-9,11H2,1-3H3/t12-,14+/m1/s1. The molecule has 1 aromatic rings. The van der Waals surface area contributed by atoms with Crippen molar-refractivity contribution in [3.8, 4) is 11.5 Å². The van der Waals surface area contributed by atoms with Crippen LogP contribution in [0.4, 0.5) is 0 Å². The zero-order valence-corrected chi connectivity index (χ0v) is 12.6. The molecule has 4 nitrogen and oxygen atoms in total. The normalized spacial score (nSPS) is 22.6. The van der Waals surface area contributed by atoms with Gasteiger partial charge in [-0.15, -0.1) is 0 Å². The van der Waals surface area contributed by atoms with Crippen LogP contribution in [-0.2, 0) is 11.3 Å². The van der Waals surface area contributed by atoms with Gasteiger partial charge in [-0.05, 0) is 44.4 Å². The molecule has 0 aliphatic carbocycles. The number of ether oxygens (including phenoxy) is 3. The quantitative estimate of drug-likeness (QED) is 0.869. The van der Waals surface area contributed by atoms with Gasteiger partial charge in [-0.25, -0.2) is 0 Å². The summed E-state index contributed by atoms with van der Waals surface area (Å²) in [4.78, 5) is 0. The van der Waals surface area contributed by atoms with E-state index in [0.717, 1.165) is 37.5 Å². The maximum absolute atomic E-state index is 5.56. The summed E-state index contributed by atoms with van der Waals surface area (Å²) >= 11 is 0. The van der Waals surface area contributed by atoms with Gasteiger partial charge in [0.2, 0.25) is 0 Å². The molecule has 2 rings (SSSR count). The summed E-state index contributed by atoms with van der Waals surface area (Å²) < 4.78 is 16.5.